The summed E-state index contributed by atoms with van der Waals surface area (Å²) in [7, 11) is 0. The minimum absolute atomic E-state index is 0.127. The molecule has 0 radical (unpaired) electrons. The molecule has 2 rings (SSSR count). The lowest BCUT2D eigenvalue weighted by Crippen LogP contribution is -2.21. The van der Waals surface area contributed by atoms with Gasteiger partial charge >= 0.3 is 5.97 Å². The van der Waals surface area contributed by atoms with E-state index in [1.165, 1.54) is 6.20 Å². The van der Waals surface area contributed by atoms with E-state index in [-0.39, 0.29) is 12.2 Å². The molecular weight excluding hydrogens is 339 g/mol. The second kappa shape index (κ2) is 7.44. The molecule has 0 spiro atoms. The van der Waals surface area contributed by atoms with Crippen LogP contribution < -0.4 is 5.56 Å². The molecule has 7 heteroatoms. The lowest BCUT2D eigenvalue weighted by Gasteiger charge is -2.04. The van der Waals surface area contributed by atoms with E-state index in [1.54, 1.807) is 38.1 Å². The minimum atomic E-state index is -0.695. The summed E-state index contributed by atoms with van der Waals surface area (Å²) in [5.41, 5.74) is 0.846. The lowest BCUT2D eigenvalue weighted by atomic mass is 10.1. The van der Waals surface area contributed by atoms with Gasteiger partial charge in [-0.15, -0.1) is 0 Å². The number of H-pyrrole nitrogens is 1. The molecule has 1 N–H and O–H groups in total. The summed E-state index contributed by atoms with van der Waals surface area (Å²) in [6.07, 6.45) is 3.00. The fourth-order valence-corrected chi connectivity index (χ4v) is 2.18. The van der Waals surface area contributed by atoms with Gasteiger partial charge in [0.05, 0.1) is 16.7 Å². The van der Waals surface area contributed by atoms with E-state index in [0.717, 1.165) is 5.56 Å². The van der Waals surface area contributed by atoms with Crippen LogP contribution in [0.15, 0.2) is 29.2 Å². The van der Waals surface area contributed by atoms with Crippen LogP contribution in [0.3, 0.4) is 0 Å². The number of benzene rings is 1. The van der Waals surface area contributed by atoms with Crippen LogP contribution in [-0.2, 0) is 4.74 Å². The van der Waals surface area contributed by atoms with Crippen LogP contribution >= 0.6 is 23.2 Å². The number of nitrogens with zero attached hydrogens (tertiary/aromatic N) is 1. The van der Waals surface area contributed by atoms with Crippen molar-refractivity contribution < 1.29 is 9.53 Å². The number of hydrogen-bond acceptors (Lipinski definition) is 4. The van der Waals surface area contributed by atoms with Crippen molar-refractivity contribution in [3.63, 3.8) is 0 Å². The minimum Gasteiger partial charge on any atom is -0.462 e. The van der Waals surface area contributed by atoms with Crippen molar-refractivity contribution in [3.05, 3.63) is 61.7 Å². The van der Waals surface area contributed by atoms with Crippen molar-refractivity contribution in [2.45, 2.75) is 13.8 Å². The smallest absolute Gasteiger partial charge is 0.345 e. The van der Waals surface area contributed by atoms with E-state index < -0.39 is 11.5 Å². The Labute approximate surface area is 142 Å². The molecule has 0 fully saturated rings. The van der Waals surface area contributed by atoms with Crippen LogP contribution in [0.5, 0.6) is 0 Å². The number of aromatic amines is 1. The number of halogens is 2. The normalized spacial score (nSPS) is 11.4. The Morgan fingerprint density at radius 2 is 2.09 bits per heavy atom. The predicted molar refractivity (Wildman–Crippen MR) is 90.8 cm³/mol. The number of carbonyl (C=O) groups is 1. The van der Waals surface area contributed by atoms with Gasteiger partial charge in [0.15, 0.2) is 0 Å². The first-order valence-corrected chi connectivity index (χ1v) is 7.58. The second-order valence-electron chi connectivity index (χ2n) is 4.70. The second-order valence-corrected chi connectivity index (χ2v) is 5.51. The number of rotatable bonds is 4. The van der Waals surface area contributed by atoms with Gasteiger partial charge in [0.2, 0.25) is 0 Å². The van der Waals surface area contributed by atoms with Crippen molar-refractivity contribution in [2.24, 2.45) is 0 Å². The summed E-state index contributed by atoms with van der Waals surface area (Å²) in [4.78, 5) is 30.2. The highest BCUT2D eigenvalue weighted by atomic mass is 35.5. The summed E-state index contributed by atoms with van der Waals surface area (Å²) >= 11 is 11.8. The molecule has 0 bridgehead atoms. The van der Waals surface area contributed by atoms with Gasteiger partial charge in [0.25, 0.3) is 5.56 Å². The molecule has 0 saturated heterocycles. The van der Waals surface area contributed by atoms with Gasteiger partial charge in [-0.25, -0.2) is 9.78 Å². The average molecular weight is 353 g/mol. The van der Waals surface area contributed by atoms with Crippen LogP contribution in [0, 0.1) is 0 Å². The third kappa shape index (κ3) is 4.21. The number of aromatic nitrogens is 2. The SMILES string of the molecule is CCOC(=O)c1cnc(C(C)=Cc2ccc(Cl)c(Cl)c2)[nH]c1=O. The first kappa shape index (κ1) is 17.2. The first-order chi connectivity index (χ1) is 10.9. The molecule has 23 heavy (non-hydrogen) atoms. The Bertz CT molecular complexity index is 828. The van der Waals surface area contributed by atoms with Crippen molar-refractivity contribution in [1.82, 2.24) is 9.97 Å². The van der Waals surface area contributed by atoms with Crippen molar-refractivity contribution >= 4 is 40.8 Å². The fraction of sp³-hybridized carbons (Fsp3) is 0.188. The predicted octanol–water partition coefficient (Wildman–Crippen LogP) is 3.81. The molecule has 0 saturated carbocycles. The molecule has 0 unspecified atom stereocenters. The van der Waals surface area contributed by atoms with Gasteiger partial charge in [-0.3, -0.25) is 4.79 Å². The maximum atomic E-state index is 11.9. The van der Waals surface area contributed by atoms with Crippen molar-refractivity contribution in [3.8, 4) is 0 Å². The Morgan fingerprint density at radius 1 is 1.35 bits per heavy atom. The molecule has 5 nitrogen and oxygen atoms in total. The summed E-state index contributed by atoms with van der Waals surface area (Å²) in [5.74, 6) is -0.340. The summed E-state index contributed by atoms with van der Waals surface area (Å²) in [6.45, 7) is 3.64. The quantitative estimate of drug-likeness (QED) is 0.849. The number of allylic oxidation sites excluding steroid dienone is 1. The van der Waals surface area contributed by atoms with Crippen molar-refractivity contribution in [1.29, 1.82) is 0 Å². The molecule has 1 aromatic heterocycles. The number of esters is 1. The summed E-state index contributed by atoms with van der Waals surface area (Å²) in [5, 5.41) is 0.902. The number of ether oxygens (including phenoxy) is 1. The van der Waals surface area contributed by atoms with Crippen LogP contribution in [0.2, 0.25) is 10.0 Å². The van der Waals surface area contributed by atoms with Crippen LogP contribution in [-0.4, -0.2) is 22.5 Å². The highest BCUT2D eigenvalue weighted by Crippen LogP contribution is 2.24. The van der Waals surface area contributed by atoms with E-state index in [1.807, 2.05) is 0 Å². The van der Waals surface area contributed by atoms with Gasteiger partial charge < -0.3 is 9.72 Å². The van der Waals surface area contributed by atoms with E-state index in [4.69, 9.17) is 27.9 Å². The van der Waals surface area contributed by atoms with Crippen LogP contribution in [0.1, 0.15) is 35.6 Å². The van der Waals surface area contributed by atoms with Gasteiger partial charge in [-0.1, -0.05) is 29.3 Å². The Kier molecular flexibility index (Phi) is 5.58. The van der Waals surface area contributed by atoms with E-state index in [0.29, 0.717) is 21.4 Å². The lowest BCUT2D eigenvalue weighted by molar-refractivity contribution is 0.0523. The molecule has 0 amide bonds. The molecule has 2 aromatic rings. The maximum absolute atomic E-state index is 11.9. The first-order valence-electron chi connectivity index (χ1n) is 6.82. The molecule has 0 aliphatic rings. The monoisotopic (exact) mass is 352 g/mol. The molecule has 0 aliphatic heterocycles. The maximum Gasteiger partial charge on any atom is 0.345 e. The number of nitrogens with one attached hydrogen (secondary N) is 1. The van der Waals surface area contributed by atoms with E-state index in [2.05, 4.69) is 9.97 Å². The highest BCUT2D eigenvalue weighted by molar-refractivity contribution is 6.42. The van der Waals surface area contributed by atoms with Gasteiger partial charge in [-0.2, -0.15) is 0 Å². The molecule has 120 valence electrons. The standard InChI is InChI=1S/C16H14Cl2N2O3/c1-3-23-16(22)11-8-19-14(20-15(11)21)9(2)6-10-4-5-12(17)13(18)7-10/h4-8H,3H2,1-2H3,(H,19,20,21). The molecule has 0 atom stereocenters. The zero-order valence-electron chi connectivity index (χ0n) is 12.5. The summed E-state index contributed by atoms with van der Waals surface area (Å²) < 4.78 is 4.79. The molecular formula is C16H14Cl2N2O3. The number of hydrogen-bond donors (Lipinski definition) is 1. The third-order valence-electron chi connectivity index (χ3n) is 3.00. The molecule has 0 aliphatic carbocycles. The summed E-state index contributed by atoms with van der Waals surface area (Å²) in [6, 6.07) is 5.18. The number of carbonyl (C=O) groups excluding carboxylic acids is 1. The zero-order chi connectivity index (χ0) is 17.0. The van der Waals surface area contributed by atoms with Gasteiger partial charge in [0, 0.05) is 6.20 Å². The van der Waals surface area contributed by atoms with E-state index >= 15 is 0 Å². The zero-order valence-corrected chi connectivity index (χ0v) is 14.0. The Balaban J connectivity index is 2.32. The highest BCUT2D eigenvalue weighted by Gasteiger charge is 2.13. The van der Waals surface area contributed by atoms with Crippen LogP contribution in [0.25, 0.3) is 11.6 Å². The van der Waals surface area contributed by atoms with Gasteiger partial charge in [0.1, 0.15) is 11.4 Å². The molecule has 1 aromatic carbocycles. The van der Waals surface area contributed by atoms with Gasteiger partial charge in [-0.05, 0) is 43.2 Å². The topological polar surface area (TPSA) is 72.0 Å². The fourth-order valence-electron chi connectivity index (χ4n) is 1.87. The Morgan fingerprint density at radius 3 is 2.70 bits per heavy atom. The third-order valence-corrected chi connectivity index (χ3v) is 3.73. The Hall–Kier alpha value is -2.11. The molecule has 1 heterocycles. The van der Waals surface area contributed by atoms with Crippen LogP contribution in [0.4, 0.5) is 0 Å². The van der Waals surface area contributed by atoms with E-state index in [9.17, 15) is 9.59 Å². The van der Waals surface area contributed by atoms with Crippen molar-refractivity contribution in [2.75, 3.05) is 6.61 Å². The largest absolute Gasteiger partial charge is 0.462 e. The average Bonchev–Trinajstić information content (AvgIpc) is 2.51.